The van der Waals surface area contributed by atoms with Gasteiger partial charge in [0.05, 0.1) is 13.2 Å². The van der Waals surface area contributed by atoms with Gasteiger partial charge in [0.25, 0.3) is 0 Å². The second-order valence-electron chi connectivity index (χ2n) is 8.78. The summed E-state index contributed by atoms with van der Waals surface area (Å²) in [5, 5.41) is 6.76. The fourth-order valence-electron chi connectivity index (χ4n) is 5.43. The molecule has 1 saturated carbocycles. The SMILES string of the molecule is Cc1cc(-n2c(C)cc(C[NH2+]CC3([NH+]4CCOCC4)CCCCC3)c2C)no1. The number of ether oxygens (including phenoxy) is 1. The number of aromatic nitrogens is 2. The molecule has 0 amide bonds. The molecule has 0 spiro atoms. The Morgan fingerprint density at radius 2 is 1.86 bits per heavy atom. The number of hydrogen-bond acceptors (Lipinski definition) is 3. The topological polar surface area (TPSA) is 61.2 Å². The highest BCUT2D eigenvalue weighted by atomic mass is 16.5. The molecular weight excluding hydrogens is 352 g/mol. The van der Waals surface area contributed by atoms with Crippen molar-refractivity contribution < 1.29 is 19.5 Å². The van der Waals surface area contributed by atoms with E-state index in [-0.39, 0.29) is 0 Å². The van der Waals surface area contributed by atoms with Crippen LogP contribution in [0.3, 0.4) is 0 Å². The summed E-state index contributed by atoms with van der Waals surface area (Å²) in [6, 6.07) is 4.32. The van der Waals surface area contributed by atoms with E-state index < -0.39 is 0 Å². The summed E-state index contributed by atoms with van der Waals surface area (Å²) in [5.41, 5.74) is 4.34. The Labute approximate surface area is 168 Å². The molecule has 1 aliphatic carbocycles. The minimum atomic E-state index is 0.441. The molecule has 1 aliphatic heterocycles. The Morgan fingerprint density at radius 1 is 1.11 bits per heavy atom. The lowest BCUT2D eigenvalue weighted by atomic mass is 9.79. The van der Waals surface area contributed by atoms with Crippen molar-refractivity contribution in [2.75, 3.05) is 32.8 Å². The van der Waals surface area contributed by atoms with Crippen molar-refractivity contribution in [3.8, 4) is 5.82 Å². The van der Waals surface area contributed by atoms with Crippen LogP contribution in [0.25, 0.3) is 5.82 Å². The number of nitrogens with two attached hydrogens (primary N) is 1. The summed E-state index contributed by atoms with van der Waals surface area (Å²) < 4.78 is 13.1. The molecule has 2 aromatic heterocycles. The molecule has 6 nitrogen and oxygen atoms in total. The van der Waals surface area contributed by atoms with Crippen molar-refractivity contribution >= 4 is 0 Å². The van der Waals surface area contributed by atoms with E-state index in [1.165, 1.54) is 68.7 Å². The van der Waals surface area contributed by atoms with E-state index in [0.29, 0.717) is 5.54 Å². The van der Waals surface area contributed by atoms with E-state index >= 15 is 0 Å². The molecule has 2 fully saturated rings. The van der Waals surface area contributed by atoms with Crippen molar-refractivity contribution in [2.24, 2.45) is 0 Å². The molecular formula is C22H36N4O2+2. The van der Waals surface area contributed by atoms with Crippen LogP contribution in [0, 0.1) is 20.8 Å². The predicted octanol–water partition coefficient (Wildman–Crippen LogP) is 1.07. The van der Waals surface area contributed by atoms with Gasteiger partial charge in [-0.05, 0) is 39.7 Å². The standard InChI is InChI=1S/C22H34N4O2/c1-17-13-20(19(3)26(17)21-14-18(2)28-24-21)15-23-16-22(7-5-4-6-8-22)25-9-11-27-12-10-25/h13-14,23H,4-12,15-16H2,1-3H3/p+2. The first-order valence-corrected chi connectivity index (χ1v) is 11.0. The lowest BCUT2D eigenvalue weighted by Crippen LogP contribution is -3.24. The average Bonchev–Trinajstić information content (AvgIpc) is 3.25. The smallest absolute Gasteiger partial charge is 0.180 e. The third-order valence-electron chi connectivity index (χ3n) is 6.94. The zero-order valence-corrected chi connectivity index (χ0v) is 17.7. The van der Waals surface area contributed by atoms with Gasteiger partial charge in [-0.25, -0.2) is 0 Å². The third-order valence-corrected chi connectivity index (χ3v) is 6.94. The van der Waals surface area contributed by atoms with Crippen LogP contribution >= 0.6 is 0 Å². The van der Waals surface area contributed by atoms with E-state index in [1.807, 2.05) is 13.0 Å². The number of aryl methyl sites for hydroxylation is 2. The first kappa shape index (κ1) is 19.7. The fourth-order valence-corrected chi connectivity index (χ4v) is 5.43. The molecule has 0 aromatic carbocycles. The van der Waals surface area contributed by atoms with E-state index in [0.717, 1.165) is 31.3 Å². The molecule has 2 aromatic rings. The van der Waals surface area contributed by atoms with Gasteiger partial charge < -0.3 is 19.5 Å². The summed E-state index contributed by atoms with van der Waals surface area (Å²) in [7, 11) is 0. The molecule has 0 atom stereocenters. The number of morpholine rings is 1. The third kappa shape index (κ3) is 3.91. The van der Waals surface area contributed by atoms with Gasteiger partial charge in [0.15, 0.2) is 5.82 Å². The summed E-state index contributed by atoms with van der Waals surface area (Å²) in [6.45, 7) is 12.7. The molecule has 2 aliphatic rings. The minimum absolute atomic E-state index is 0.441. The van der Waals surface area contributed by atoms with Crippen LogP contribution in [0.2, 0.25) is 0 Å². The number of nitrogens with zero attached hydrogens (tertiary/aromatic N) is 2. The normalized spacial score (nSPS) is 20.5. The van der Waals surface area contributed by atoms with Crippen LogP contribution in [-0.2, 0) is 11.3 Å². The number of rotatable bonds is 6. The largest absolute Gasteiger partial charge is 0.370 e. The molecule has 0 radical (unpaired) electrons. The molecule has 3 heterocycles. The van der Waals surface area contributed by atoms with E-state index in [1.54, 1.807) is 4.90 Å². The molecule has 0 bridgehead atoms. The van der Waals surface area contributed by atoms with E-state index in [2.05, 4.69) is 35.0 Å². The van der Waals surface area contributed by atoms with Gasteiger partial charge in [-0.1, -0.05) is 11.6 Å². The predicted molar refractivity (Wildman–Crippen MR) is 108 cm³/mol. The zero-order chi connectivity index (χ0) is 19.6. The van der Waals surface area contributed by atoms with Crippen LogP contribution in [0.4, 0.5) is 0 Å². The zero-order valence-electron chi connectivity index (χ0n) is 17.7. The van der Waals surface area contributed by atoms with Crippen LogP contribution in [0.1, 0.15) is 54.8 Å². The maximum atomic E-state index is 5.64. The summed E-state index contributed by atoms with van der Waals surface area (Å²) in [6.07, 6.45) is 6.92. The van der Waals surface area contributed by atoms with Gasteiger partial charge in [0.2, 0.25) is 0 Å². The van der Waals surface area contributed by atoms with Crippen molar-refractivity contribution in [1.82, 2.24) is 9.72 Å². The molecule has 28 heavy (non-hydrogen) atoms. The van der Waals surface area contributed by atoms with Crippen LogP contribution in [0.5, 0.6) is 0 Å². The molecule has 4 rings (SSSR count). The highest BCUT2D eigenvalue weighted by Gasteiger charge is 2.44. The molecule has 6 heteroatoms. The van der Waals surface area contributed by atoms with Gasteiger partial charge in [-0.15, -0.1) is 0 Å². The van der Waals surface area contributed by atoms with Gasteiger partial charge in [0.1, 0.15) is 37.5 Å². The fraction of sp³-hybridized carbons (Fsp3) is 0.682. The molecule has 0 unspecified atom stereocenters. The summed E-state index contributed by atoms with van der Waals surface area (Å²) >= 11 is 0. The Bertz CT molecular complexity index is 783. The van der Waals surface area contributed by atoms with Crippen LogP contribution in [-0.4, -0.2) is 48.1 Å². The lowest BCUT2D eigenvalue weighted by molar-refractivity contribution is -0.975. The van der Waals surface area contributed by atoms with Crippen molar-refractivity contribution in [3.05, 3.63) is 34.8 Å². The van der Waals surface area contributed by atoms with Crippen molar-refractivity contribution in [2.45, 2.75) is 65.0 Å². The van der Waals surface area contributed by atoms with Gasteiger partial charge in [-0.2, -0.15) is 0 Å². The van der Waals surface area contributed by atoms with Crippen molar-refractivity contribution in [1.29, 1.82) is 0 Å². The second kappa shape index (κ2) is 8.39. The van der Waals surface area contributed by atoms with Gasteiger partial charge in [-0.3, -0.25) is 4.57 Å². The number of hydrogen-bond donors (Lipinski definition) is 2. The first-order chi connectivity index (χ1) is 13.6. The average molecular weight is 389 g/mol. The molecule has 154 valence electrons. The van der Waals surface area contributed by atoms with Gasteiger partial charge >= 0.3 is 0 Å². The summed E-state index contributed by atoms with van der Waals surface area (Å²) in [4.78, 5) is 1.79. The maximum absolute atomic E-state index is 5.64. The lowest BCUT2D eigenvalue weighted by Gasteiger charge is -2.43. The molecule has 3 N–H and O–H groups in total. The Morgan fingerprint density at radius 3 is 2.54 bits per heavy atom. The number of nitrogens with one attached hydrogen (secondary N) is 1. The second-order valence-corrected chi connectivity index (χ2v) is 8.78. The highest BCUT2D eigenvalue weighted by molar-refractivity contribution is 5.36. The number of quaternary nitrogens is 2. The van der Waals surface area contributed by atoms with Gasteiger partial charge in [0, 0.05) is 35.9 Å². The summed E-state index contributed by atoms with van der Waals surface area (Å²) in [5.74, 6) is 1.74. The first-order valence-electron chi connectivity index (χ1n) is 11.0. The van der Waals surface area contributed by atoms with Crippen LogP contribution < -0.4 is 10.2 Å². The van der Waals surface area contributed by atoms with E-state index in [4.69, 9.17) is 9.26 Å². The van der Waals surface area contributed by atoms with Crippen LogP contribution in [0.15, 0.2) is 16.7 Å². The quantitative estimate of drug-likeness (QED) is 0.778. The Kier molecular flexibility index (Phi) is 5.90. The minimum Gasteiger partial charge on any atom is -0.370 e. The Balaban J connectivity index is 1.45. The van der Waals surface area contributed by atoms with Crippen molar-refractivity contribution in [3.63, 3.8) is 0 Å². The Hall–Kier alpha value is -1.63. The van der Waals surface area contributed by atoms with E-state index in [9.17, 15) is 0 Å². The molecule has 1 saturated heterocycles. The monoisotopic (exact) mass is 388 g/mol. The maximum Gasteiger partial charge on any atom is 0.180 e. The highest BCUT2D eigenvalue weighted by Crippen LogP contribution is 2.25.